The molecule has 0 fully saturated rings. The fourth-order valence-electron chi connectivity index (χ4n) is 2.47. The smallest absolute Gasteiger partial charge is 0.144 e. The van der Waals surface area contributed by atoms with Gasteiger partial charge in [0.1, 0.15) is 5.75 Å². The summed E-state index contributed by atoms with van der Waals surface area (Å²) in [6.07, 6.45) is 6.18. The predicted molar refractivity (Wildman–Crippen MR) is 84.1 cm³/mol. The van der Waals surface area contributed by atoms with Crippen molar-refractivity contribution >= 4 is 10.8 Å². The van der Waals surface area contributed by atoms with E-state index in [1.165, 1.54) is 16.3 Å². The molecule has 0 aliphatic rings. The summed E-state index contributed by atoms with van der Waals surface area (Å²) >= 11 is 0. The summed E-state index contributed by atoms with van der Waals surface area (Å²) in [5.41, 5.74) is 2.36. The highest BCUT2D eigenvalue weighted by atomic mass is 16.5. The lowest BCUT2D eigenvalue weighted by Gasteiger charge is -2.09. The van der Waals surface area contributed by atoms with Gasteiger partial charge in [-0.2, -0.15) is 0 Å². The normalized spacial score (nSPS) is 10.8. The van der Waals surface area contributed by atoms with Gasteiger partial charge in [0, 0.05) is 18.0 Å². The molecule has 0 saturated carbocycles. The molecule has 20 heavy (non-hydrogen) atoms. The van der Waals surface area contributed by atoms with Crippen molar-refractivity contribution in [2.75, 3.05) is 6.61 Å². The van der Waals surface area contributed by atoms with Crippen LogP contribution in [0.5, 0.6) is 5.75 Å². The Balaban J connectivity index is 2.01. The Morgan fingerprint density at radius 3 is 2.70 bits per heavy atom. The van der Waals surface area contributed by atoms with E-state index in [2.05, 4.69) is 54.4 Å². The molecule has 1 N–H and O–H groups in total. The molecule has 2 nitrogen and oxygen atoms in total. The summed E-state index contributed by atoms with van der Waals surface area (Å²) in [4.78, 5) is 3.16. The minimum Gasteiger partial charge on any atom is -0.491 e. The molecule has 0 radical (unpaired) electrons. The largest absolute Gasteiger partial charge is 0.491 e. The zero-order valence-electron chi connectivity index (χ0n) is 11.7. The van der Waals surface area contributed by atoms with Crippen LogP contribution in [-0.4, -0.2) is 11.6 Å². The monoisotopic (exact) mass is 265 g/mol. The highest BCUT2D eigenvalue weighted by Gasteiger charge is 2.10. The van der Waals surface area contributed by atoms with E-state index in [9.17, 15) is 0 Å². The quantitative estimate of drug-likeness (QED) is 0.644. The lowest BCUT2D eigenvalue weighted by Crippen LogP contribution is -1.96. The summed E-state index contributed by atoms with van der Waals surface area (Å²) < 4.78 is 5.89. The van der Waals surface area contributed by atoms with Crippen LogP contribution in [0.25, 0.3) is 21.9 Å². The van der Waals surface area contributed by atoms with E-state index in [0.717, 1.165) is 30.8 Å². The number of fused-ring (bicyclic) bond motifs is 1. The van der Waals surface area contributed by atoms with Crippen LogP contribution in [0.2, 0.25) is 0 Å². The molecule has 3 rings (SSSR count). The molecule has 1 heterocycles. The van der Waals surface area contributed by atoms with Crippen LogP contribution in [0.3, 0.4) is 0 Å². The second-order valence-electron chi connectivity index (χ2n) is 4.96. The van der Waals surface area contributed by atoms with E-state index in [1.54, 1.807) is 0 Å². The number of aromatic nitrogens is 1. The lowest BCUT2D eigenvalue weighted by molar-refractivity contribution is 0.311. The molecule has 2 heteroatoms. The first-order valence-electron chi connectivity index (χ1n) is 7.18. The molecule has 0 spiro atoms. The minimum absolute atomic E-state index is 0.770. The number of H-pyrrole nitrogens is 1. The predicted octanol–water partition coefficient (Wildman–Crippen LogP) is 5.01. The van der Waals surface area contributed by atoms with Gasteiger partial charge in [0.15, 0.2) is 0 Å². The maximum Gasteiger partial charge on any atom is 0.144 e. The Kier molecular flexibility index (Phi) is 3.73. The van der Waals surface area contributed by atoms with Crippen molar-refractivity contribution in [2.45, 2.75) is 19.8 Å². The summed E-state index contributed by atoms with van der Waals surface area (Å²) in [6.45, 7) is 2.94. The number of unbranched alkanes of at least 4 members (excludes halogenated alkanes) is 1. The zero-order valence-corrected chi connectivity index (χ0v) is 11.7. The molecule has 0 saturated heterocycles. The van der Waals surface area contributed by atoms with E-state index in [0.29, 0.717) is 0 Å². The maximum atomic E-state index is 5.89. The maximum absolute atomic E-state index is 5.89. The third kappa shape index (κ3) is 2.42. The number of rotatable bonds is 5. The number of hydrogen-bond acceptors (Lipinski definition) is 1. The summed E-state index contributed by atoms with van der Waals surface area (Å²) in [6, 6.07) is 14.8. The molecule has 0 atom stereocenters. The van der Waals surface area contributed by atoms with Gasteiger partial charge in [-0.1, -0.05) is 55.8 Å². The minimum atomic E-state index is 0.770. The molecule has 0 unspecified atom stereocenters. The molecule has 1 aromatic heterocycles. The van der Waals surface area contributed by atoms with Gasteiger partial charge >= 0.3 is 0 Å². The highest BCUT2D eigenvalue weighted by molar-refractivity contribution is 5.97. The van der Waals surface area contributed by atoms with E-state index >= 15 is 0 Å². The molecule has 3 aromatic rings. The van der Waals surface area contributed by atoms with Crippen molar-refractivity contribution in [2.24, 2.45) is 0 Å². The Morgan fingerprint density at radius 2 is 1.80 bits per heavy atom. The molecular formula is C18H19NO. The molecule has 0 aliphatic carbocycles. The summed E-state index contributed by atoms with van der Waals surface area (Å²) in [7, 11) is 0. The number of benzene rings is 2. The van der Waals surface area contributed by atoms with Crippen LogP contribution in [0, 0.1) is 0 Å². The first kappa shape index (κ1) is 12.8. The third-order valence-corrected chi connectivity index (χ3v) is 3.54. The van der Waals surface area contributed by atoms with Gasteiger partial charge in [0.05, 0.1) is 6.61 Å². The molecule has 0 bridgehead atoms. The first-order valence-corrected chi connectivity index (χ1v) is 7.18. The topological polar surface area (TPSA) is 25.0 Å². The second kappa shape index (κ2) is 5.83. The van der Waals surface area contributed by atoms with Crippen LogP contribution in [0.1, 0.15) is 19.8 Å². The fraction of sp³-hybridized carbons (Fsp3) is 0.222. The standard InChI is InChI=1S/C18H19NO/c1-2-3-11-20-18-13-19-12-17(18)16-10-6-8-14-7-4-5-9-15(14)16/h4-10,12-13,19H,2-3,11H2,1H3. The Bertz CT molecular complexity index is 694. The Labute approximate surface area is 119 Å². The lowest BCUT2D eigenvalue weighted by atomic mass is 10.00. The number of nitrogens with one attached hydrogen (secondary N) is 1. The van der Waals surface area contributed by atoms with Crippen LogP contribution in [0.4, 0.5) is 0 Å². The van der Waals surface area contributed by atoms with Crippen LogP contribution < -0.4 is 4.74 Å². The zero-order chi connectivity index (χ0) is 13.8. The summed E-state index contributed by atoms with van der Waals surface area (Å²) in [5.74, 6) is 0.940. The van der Waals surface area contributed by atoms with Crippen LogP contribution in [0.15, 0.2) is 54.9 Å². The number of ether oxygens (including phenoxy) is 1. The van der Waals surface area contributed by atoms with Crippen molar-refractivity contribution < 1.29 is 4.74 Å². The first-order chi connectivity index (χ1) is 9.90. The molecule has 0 amide bonds. The van der Waals surface area contributed by atoms with E-state index in [-0.39, 0.29) is 0 Å². The van der Waals surface area contributed by atoms with Gasteiger partial charge in [-0.25, -0.2) is 0 Å². The third-order valence-electron chi connectivity index (χ3n) is 3.54. The fourth-order valence-corrected chi connectivity index (χ4v) is 2.47. The SMILES string of the molecule is CCCCOc1c[nH]cc1-c1cccc2ccccc12. The number of hydrogen-bond donors (Lipinski definition) is 1. The van der Waals surface area contributed by atoms with Gasteiger partial charge in [0.25, 0.3) is 0 Å². The van der Waals surface area contributed by atoms with E-state index in [4.69, 9.17) is 4.74 Å². The van der Waals surface area contributed by atoms with Crippen molar-refractivity contribution in [3.05, 3.63) is 54.9 Å². The van der Waals surface area contributed by atoms with Crippen molar-refractivity contribution in [3.63, 3.8) is 0 Å². The van der Waals surface area contributed by atoms with Crippen molar-refractivity contribution in [3.8, 4) is 16.9 Å². The number of aromatic amines is 1. The van der Waals surface area contributed by atoms with Crippen molar-refractivity contribution in [1.82, 2.24) is 4.98 Å². The van der Waals surface area contributed by atoms with E-state index in [1.807, 2.05) is 12.4 Å². The van der Waals surface area contributed by atoms with Gasteiger partial charge in [-0.3, -0.25) is 0 Å². The summed E-state index contributed by atoms with van der Waals surface area (Å²) in [5, 5.41) is 2.51. The Hall–Kier alpha value is -2.22. The van der Waals surface area contributed by atoms with Crippen LogP contribution >= 0.6 is 0 Å². The molecule has 2 aromatic carbocycles. The molecule has 102 valence electrons. The van der Waals surface area contributed by atoms with Crippen molar-refractivity contribution in [1.29, 1.82) is 0 Å². The van der Waals surface area contributed by atoms with E-state index < -0.39 is 0 Å². The average molecular weight is 265 g/mol. The Morgan fingerprint density at radius 1 is 0.950 bits per heavy atom. The van der Waals surface area contributed by atoms with Gasteiger partial charge < -0.3 is 9.72 Å². The van der Waals surface area contributed by atoms with Gasteiger partial charge in [-0.05, 0) is 22.8 Å². The highest BCUT2D eigenvalue weighted by Crippen LogP contribution is 2.34. The van der Waals surface area contributed by atoms with Crippen LogP contribution in [-0.2, 0) is 0 Å². The van der Waals surface area contributed by atoms with Gasteiger partial charge in [0.2, 0.25) is 0 Å². The molecule has 0 aliphatic heterocycles. The van der Waals surface area contributed by atoms with Gasteiger partial charge in [-0.15, -0.1) is 0 Å². The second-order valence-corrected chi connectivity index (χ2v) is 4.96. The average Bonchev–Trinajstić information content (AvgIpc) is 2.95. The molecular weight excluding hydrogens is 246 g/mol.